The Hall–Kier alpha value is -1.67. The molecule has 1 rings (SSSR count). The van der Waals surface area contributed by atoms with Gasteiger partial charge in [-0.2, -0.15) is 0 Å². The van der Waals surface area contributed by atoms with Crippen molar-refractivity contribution in [1.82, 2.24) is 9.71 Å². The van der Waals surface area contributed by atoms with Gasteiger partial charge < -0.3 is 9.72 Å². The zero-order chi connectivity index (χ0) is 13.6. The van der Waals surface area contributed by atoms with E-state index < -0.39 is 16.0 Å². The Morgan fingerprint density at radius 2 is 2.17 bits per heavy atom. The van der Waals surface area contributed by atoms with E-state index in [4.69, 9.17) is 0 Å². The average Bonchev–Trinajstić information content (AvgIpc) is 2.29. The molecule has 100 valence electrons. The van der Waals surface area contributed by atoms with Crippen molar-refractivity contribution in [2.24, 2.45) is 0 Å². The van der Waals surface area contributed by atoms with Crippen molar-refractivity contribution < 1.29 is 17.9 Å². The van der Waals surface area contributed by atoms with Crippen LogP contribution in [0.15, 0.2) is 28.0 Å². The highest BCUT2D eigenvalue weighted by Crippen LogP contribution is 2.03. The number of H-pyrrole nitrogens is 1. The average molecular weight is 274 g/mol. The predicted octanol–water partition coefficient (Wildman–Crippen LogP) is -0.394. The van der Waals surface area contributed by atoms with Crippen LogP contribution < -0.4 is 10.3 Å². The smallest absolute Gasteiger partial charge is 0.307 e. The van der Waals surface area contributed by atoms with Crippen molar-refractivity contribution in [2.75, 3.05) is 13.2 Å². The molecule has 0 fully saturated rings. The molecule has 0 aliphatic heterocycles. The number of aromatic amines is 1. The summed E-state index contributed by atoms with van der Waals surface area (Å²) >= 11 is 0. The molecule has 0 spiro atoms. The number of hydrogen-bond acceptors (Lipinski definition) is 5. The molecule has 0 amide bonds. The number of ether oxygens (including phenoxy) is 1. The first-order chi connectivity index (χ1) is 8.45. The number of rotatable bonds is 6. The van der Waals surface area contributed by atoms with E-state index in [1.807, 2.05) is 0 Å². The molecule has 0 unspecified atom stereocenters. The fourth-order valence-electron chi connectivity index (χ4n) is 1.17. The molecule has 0 aliphatic rings. The maximum Gasteiger partial charge on any atom is 0.307 e. The molecular formula is C10H14N2O5S. The van der Waals surface area contributed by atoms with Gasteiger partial charge in [-0.1, -0.05) is 0 Å². The number of pyridine rings is 1. The first-order valence-corrected chi connectivity index (χ1v) is 6.78. The number of sulfonamides is 1. The Labute approximate surface area is 104 Å². The summed E-state index contributed by atoms with van der Waals surface area (Å²) in [6.07, 6.45) is 1.05. The Kier molecular flexibility index (Phi) is 5.05. The van der Waals surface area contributed by atoms with E-state index in [-0.39, 0.29) is 30.0 Å². The van der Waals surface area contributed by atoms with E-state index in [2.05, 4.69) is 14.4 Å². The van der Waals surface area contributed by atoms with Crippen molar-refractivity contribution >= 4 is 16.0 Å². The molecule has 0 saturated heterocycles. The number of aromatic nitrogens is 1. The number of nitrogens with one attached hydrogen (secondary N) is 2. The van der Waals surface area contributed by atoms with E-state index in [0.29, 0.717) is 0 Å². The summed E-state index contributed by atoms with van der Waals surface area (Å²) < 4.78 is 30.3. The van der Waals surface area contributed by atoms with Gasteiger partial charge in [0.05, 0.1) is 17.9 Å². The molecule has 0 radical (unpaired) electrons. The van der Waals surface area contributed by atoms with Crippen LogP contribution in [0.1, 0.15) is 13.3 Å². The Morgan fingerprint density at radius 3 is 2.72 bits per heavy atom. The van der Waals surface area contributed by atoms with E-state index >= 15 is 0 Å². The van der Waals surface area contributed by atoms with Gasteiger partial charge in [-0.05, 0) is 13.0 Å². The highest BCUT2D eigenvalue weighted by atomic mass is 32.2. The van der Waals surface area contributed by atoms with Gasteiger partial charge in [0, 0.05) is 18.8 Å². The zero-order valence-corrected chi connectivity index (χ0v) is 10.6. The number of esters is 1. The lowest BCUT2D eigenvalue weighted by molar-refractivity contribution is -0.142. The first-order valence-electron chi connectivity index (χ1n) is 5.29. The van der Waals surface area contributed by atoms with Gasteiger partial charge >= 0.3 is 5.97 Å². The van der Waals surface area contributed by atoms with Crippen LogP contribution in [0.2, 0.25) is 0 Å². The van der Waals surface area contributed by atoms with Gasteiger partial charge in [-0.15, -0.1) is 0 Å². The molecule has 1 heterocycles. The van der Waals surface area contributed by atoms with Crippen LogP contribution in [0, 0.1) is 0 Å². The molecule has 0 bridgehead atoms. The van der Waals surface area contributed by atoms with Crippen molar-refractivity contribution in [3.05, 3.63) is 28.7 Å². The second kappa shape index (κ2) is 6.31. The Bertz CT molecular complexity index is 543. The maximum atomic E-state index is 11.7. The lowest BCUT2D eigenvalue weighted by Gasteiger charge is -2.05. The molecule has 0 aromatic carbocycles. The molecule has 1 aromatic rings. The lowest BCUT2D eigenvalue weighted by Crippen LogP contribution is -2.27. The van der Waals surface area contributed by atoms with E-state index in [1.54, 1.807) is 6.92 Å². The quantitative estimate of drug-likeness (QED) is 0.687. The molecule has 8 heteroatoms. The third-order valence-electron chi connectivity index (χ3n) is 1.99. The summed E-state index contributed by atoms with van der Waals surface area (Å²) in [6.45, 7) is 1.87. The normalized spacial score (nSPS) is 11.2. The van der Waals surface area contributed by atoms with Gasteiger partial charge in [-0.25, -0.2) is 13.1 Å². The third kappa shape index (κ3) is 4.30. The van der Waals surface area contributed by atoms with Crippen molar-refractivity contribution in [3.63, 3.8) is 0 Å². The minimum Gasteiger partial charge on any atom is -0.466 e. The van der Waals surface area contributed by atoms with Crippen LogP contribution in [0.25, 0.3) is 0 Å². The van der Waals surface area contributed by atoms with Crippen LogP contribution >= 0.6 is 0 Å². The Morgan fingerprint density at radius 1 is 1.44 bits per heavy atom. The second-order valence-electron chi connectivity index (χ2n) is 3.34. The van der Waals surface area contributed by atoms with Gasteiger partial charge in [0.15, 0.2) is 0 Å². The Balaban J connectivity index is 2.58. The summed E-state index contributed by atoms with van der Waals surface area (Å²) in [4.78, 5) is 24.0. The lowest BCUT2D eigenvalue weighted by atomic mass is 10.4. The molecule has 1 aromatic heterocycles. The van der Waals surface area contributed by atoms with E-state index in [1.165, 1.54) is 6.07 Å². The summed E-state index contributed by atoms with van der Waals surface area (Å²) in [5, 5.41) is 0. The molecular weight excluding hydrogens is 260 g/mol. The van der Waals surface area contributed by atoms with Crippen LogP contribution in [0.5, 0.6) is 0 Å². The van der Waals surface area contributed by atoms with Gasteiger partial charge in [0.1, 0.15) is 0 Å². The number of carbonyl (C=O) groups excluding carboxylic acids is 1. The molecule has 18 heavy (non-hydrogen) atoms. The fourth-order valence-corrected chi connectivity index (χ4v) is 2.17. The van der Waals surface area contributed by atoms with Crippen molar-refractivity contribution in [1.29, 1.82) is 0 Å². The SMILES string of the molecule is CCOC(=O)CCNS(=O)(=O)c1ccc(=O)[nH]c1. The van der Waals surface area contributed by atoms with E-state index in [9.17, 15) is 18.0 Å². The largest absolute Gasteiger partial charge is 0.466 e. The summed E-state index contributed by atoms with van der Waals surface area (Å²) in [6, 6.07) is 2.30. The summed E-state index contributed by atoms with van der Waals surface area (Å²) in [5.74, 6) is -0.471. The highest BCUT2D eigenvalue weighted by molar-refractivity contribution is 7.89. The molecule has 0 saturated carbocycles. The monoisotopic (exact) mass is 274 g/mol. The topological polar surface area (TPSA) is 105 Å². The first kappa shape index (κ1) is 14.4. The minimum absolute atomic E-state index is 0.0452. The van der Waals surface area contributed by atoms with Crippen molar-refractivity contribution in [3.8, 4) is 0 Å². The molecule has 0 aliphatic carbocycles. The highest BCUT2D eigenvalue weighted by Gasteiger charge is 2.14. The molecule has 0 atom stereocenters. The van der Waals surface area contributed by atoms with E-state index in [0.717, 1.165) is 12.3 Å². The maximum absolute atomic E-state index is 11.7. The predicted molar refractivity (Wildman–Crippen MR) is 63.5 cm³/mol. The standard InChI is InChI=1S/C10H14N2O5S/c1-2-17-10(14)5-6-12-18(15,16)8-3-4-9(13)11-7-8/h3-4,7,12H,2,5-6H2,1H3,(H,11,13). The summed E-state index contributed by atoms with van der Waals surface area (Å²) in [7, 11) is -3.72. The van der Waals surface area contributed by atoms with Crippen LogP contribution in [0.4, 0.5) is 0 Å². The fraction of sp³-hybridized carbons (Fsp3) is 0.400. The zero-order valence-electron chi connectivity index (χ0n) is 9.80. The van der Waals surface area contributed by atoms with Crippen LogP contribution in [-0.2, 0) is 19.6 Å². The minimum atomic E-state index is -3.72. The number of hydrogen-bond donors (Lipinski definition) is 2. The van der Waals surface area contributed by atoms with Crippen LogP contribution in [0.3, 0.4) is 0 Å². The van der Waals surface area contributed by atoms with Crippen molar-refractivity contribution in [2.45, 2.75) is 18.2 Å². The van der Waals surface area contributed by atoms with Gasteiger partial charge in [0.2, 0.25) is 15.6 Å². The second-order valence-corrected chi connectivity index (χ2v) is 5.11. The van der Waals surface area contributed by atoms with Gasteiger partial charge in [-0.3, -0.25) is 9.59 Å². The molecule has 2 N–H and O–H groups in total. The van der Waals surface area contributed by atoms with Crippen LogP contribution in [-0.4, -0.2) is 32.5 Å². The molecule has 7 nitrogen and oxygen atoms in total. The number of carbonyl (C=O) groups is 1. The van der Waals surface area contributed by atoms with Gasteiger partial charge in [0.25, 0.3) is 0 Å². The third-order valence-corrected chi connectivity index (χ3v) is 3.45. The summed E-state index contributed by atoms with van der Waals surface area (Å²) in [5.41, 5.74) is -0.388.